The van der Waals surface area contributed by atoms with Gasteiger partial charge in [-0.1, -0.05) is 23.7 Å². The van der Waals surface area contributed by atoms with Crippen molar-refractivity contribution in [2.75, 3.05) is 19.5 Å². The second-order valence-electron chi connectivity index (χ2n) is 4.47. The average Bonchev–Trinajstić information content (AvgIpc) is 2.50. The smallest absolute Gasteiger partial charge is 0.338 e. The highest BCUT2D eigenvalue weighted by Gasteiger charge is 2.09. The van der Waals surface area contributed by atoms with Crippen LogP contribution in [0.15, 0.2) is 42.5 Å². The first kappa shape index (κ1) is 15.2. The quantitative estimate of drug-likeness (QED) is 0.680. The van der Waals surface area contributed by atoms with Crippen molar-refractivity contribution in [2.24, 2.45) is 0 Å². The Kier molecular flexibility index (Phi) is 5.06. The summed E-state index contributed by atoms with van der Waals surface area (Å²) in [4.78, 5) is 11.9. The third kappa shape index (κ3) is 4.13. The lowest BCUT2D eigenvalue weighted by atomic mass is 10.1. The van der Waals surface area contributed by atoms with E-state index in [1.165, 1.54) is 6.07 Å². The van der Waals surface area contributed by atoms with Crippen LogP contribution in [0.4, 0.5) is 5.69 Å². The molecule has 0 saturated heterocycles. The van der Waals surface area contributed by atoms with Gasteiger partial charge >= 0.3 is 5.97 Å². The summed E-state index contributed by atoms with van der Waals surface area (Å²) in [6, 6.07) is 12.3. The first-order valence-corrected chi connectivity index (χ1v) is 6.83. The second kappa shape index (κ2) is 6.99. The highest BCUT2D eigenvalue weighted by atomic mass is 35.5. The van der Waals surface area contributed by atoms with Gasteiger partial charge < -0.3 is 15.2 Å². The minimum atomic E-state index is -0.410. The summed E-state index contributed by atoms with van der Waals surface area (Å²) in [6.07, 6.45) is 0.638. The summed E-state index contributed by atoms with van der Waals surface area (Å²) in [6.45, 7) is 0.299. The molecule has 2 rings (SSSR count). The largest absolute Gasteiger partial charge is 0.497 e. The van der Waals surface area contributed by atoms with E-state index in [0.29, 0.717) is 29.3 Å². The van der Waals surface area contributed by atoms with Gasteiger partial charge in [0.1, 0.15) is 5.75 Å². The Labute approximate surface area is 128 Å². The van der Waals surface area contributed by atoms with E-state index in [4.69, 9.17) is 26.8 Å². The maximum Gasteiger partial charge on any atom is 0.338 e. The number of hydrogen-bond donors (Lipinski definition) is 1. The number of ether oxygens (including phenoxy) is 2. The van der Waals surface area contributed by atoms with Gasteiger partial charge in [-0.05, 0) is 35.9 Å². The minimum Gasteiger partial charge on any atom is -0.497 e. The molecule has 0 bridgehead atoms. The molecule has 0 radical (unpaired) electrons. The number of carbonyl (C=O) groups excluding carboxylic acids is 1. The molecule has 0 spiro atoms. The highest BCUT2D eigenvalue weighted by Crippen LogP contribution is 2.20. The molecule has 0 aliphatic carbocycles. The molecule has 110 valence electrons. The van der Waals surface area contributed by atoms with Gasteiger partial charge in [0.15, 0.2) is 0 Å². The van der Waals surface area contributed by atoms with Crippen LogP contribution >= 0.6 is 11.6 Å². The fraction of sp³-hybridized carbons (Fsp3) is 0.188. The molecular weight excluding hydrogens is 290 g/mol. The van der Waals surface area contributed by atoms with Gasteiger partial charge in [0.25, 0.3) is 0 Å². The number of benzene rings is 2. The van der Waals surface area contributed by atoms with Crippen molar-refractivity contribution < 1.29 is 14.3 Å². The molecule has 2 aromatic rings. The summed E-state index contributed by atoms with van der Waals surface area (Å²) < 4.78 is 10.3. The van der Waals surface area contributed by atoms with Crippen LogP contribution in [0, 0.1) is 0 Å². The monoisotopic (exact) mass is 305 g/mol. The van der Waals surface area contributed by atoms with Crippen LogP contribution in [0.3, 0.4) is 0 Å². The lowest BCUT2D eigenvalue weighted by molar-refractivity contribution is 0.0509. The van der Waals surface area contributed by atoms with E-state index in [1.807, 2.05) is 24.3 Å². The van der Waals surface area contributed by atoms with E-state index in [-0.39, 0.29) is 0 Å². The van der Waals surface area contributed by atoms with Crippen molar-refractivity contribution in [2.45, 2.75) is 6.42 Å². The molecule has 4 nitrogen and oxygen atoms in total. The van der Waals surface area contributed by atoms with Gasteiger partial charge in [-0.3, -0.25) is 0 Å². The predicted octanol–water partition coefficient (Wildman–Crippen LogP) is 3.33. The highest BCUT2D eigenvalue weighted by molar-refractivity contribution is 6.33. The molecule has 0 amide bonds. The Morgan fingerprint density at radius 1 is 1.19 bits per heavy atom. The van der Waals surface area contributed by atoms with Gasteiger partial charge in [-0.25, -0.2) is 4.79 Å². The maximum atomic E-state index is 11.9. The molecule has 0 aromatic heterocycles. The van der Waals surface area contributed by atoms with E-state index in [0.717, 1.165) is 11.3 Å². The van der Waals surface area contributed by atoms with Crippen LogP contribution in [-0.4, -0.2) is 19.7 Å². The number of nitrogen functional groups attached to an aromatic ring is 1. The summed E-state index contributed by atoms with van der Waals surface area (Å²) in [5.41, 5.74) is 7.48. The van der Waals surface area contributed by atoms with Gasteiger partial charge in [-0.15, -0.1) is 0 Å². The Morgan fingerprint density at radius 3 is 2.52 bits per heavy atom. The van der Waals surface area contributed by atoms with Crippen molar-refractivity contribution in [1.82, 2.24) is 0 Å². The molecule has 5 heteroatoms. The predicted molar refractivity (Wildman–Crippen MR) is 82.8 cm³/mol. The summed E-state index contributed by atoms with van der Waals surface area (Å²) in [5, 5.41) is 0.421. The first-order chi connectivity index (χ1) is 10.1. The molecule has 0 heterocycles. The lowest BCUT2D eigenvalue weighted by Gasteiger charge is -2.07. The topological polar surface area (TPSA) is 61.5 Å². The first-order valence-electron chi connectivity index (χ1n) is 6.45. The molecule has 0 atom stereocenters. The van der Waals surface area contributed by atoms with Gasteiger partial charge in [-0.2, -0.15) is 0 Å². The fourth-order valence-corrected chi connectivity index (χ4v) is 1.93. The Hall–Kier alpha value is -2.20. The van der Waals surface area contributed by atoms with Crippen LogP contribution < -0.4 is 10.5 Å². The fourth-order valence-electron chi connectivity index (χ4n) is 1.81. The van der Waals surface area contributed by atoms with E-state index in [9.17, 15) is 4.79 Å². The molecule has 0 unspecified atom stereocenters. The number of anilines is 1. The zero-order valence-electron chi connectivity index (χ0n) is 11.6. The van der Waals surface area contributed by atoms with E-state index in [1.54, 1.807) is 19.2 Å². The Balaban J connectivity index is 1.87. The second-order valence-corrected chi connectivity index (χ2v) is 4.88. The molecule has 0 saturated carbocycles. The normalized spacial score (nSPS) is 10.2. The van der Waals surface area contributed by atoms with E-state index < -0.39 is 5.97 Å². The standard InChI is InChI=1S/C16H16ClNO3/c1-20-13-5-2-11(3-6-13)8-9-21-16(19)12-4-7-14(17)15(18)10-12/h2-7,10H,8-9,18H2,1H3. The molecule has 0 fully saturated rings. The van der Waals surface area contributed by atoms with Crippen molar-refractivity contribution in [3.63, 3.8) is 0 Å². The molecule has 21 heavy (non-hydrogen) atoms. The minimum absolute atomic E-state index is 0.299. The number of carbonyl (C=O) groups is 1. The van der Waals surface area contributed by atoms with E-state index in [2.05, 4.69) is 0 Å². The number of halogens is 1. The van der Waals surface area contributed by atoms with Crippen molar-refractivity contribution >= 4 is 23.3 Å². The Bertz CT molecular complexity index is 626. The molecular formula is C16H16ClNO3. The molecule has 2 N–H and O–H groups in total. The summed E-state index contributed by atoms with van der Waals surface area (Å²) in [7, 11) is 1.62. The van der Waals surface area contributed by atoms with Crippen molar-refractivity contribution in [3.05, 3.63) is 58.6 Å². The van der Waals surface area contributed by atoms with E-state index >= 15 is 0 Å². The number of rotatable bonds is 5. The van der Waals surface area contributed by atoms with Crippen molar-refractivity contribution in [3.8, 4) is 5.75 Å². The van der Waals surface area contributed by atoms with Gasteiger partial charge in [0.05, 0.1) is 30.0 Å². The van der Waals surface area contributed by atoms with Crippen molar-refractivity contribution in [1.29, 1.82) is 0 Å². The number of esters is 1. The molecule has 0 aliphatic heterocycles. The molecule has 2 aromatic carbocycles. The van der Waals surface area contributed by atoms with Crippen LogP contribution in [0.1, 0.15) is 15.9 Å². The summed E-state index contributed by atoms with van der Waals surface area (Å²) in [5.74, 6) is 0.388. The number of nitrogens with two attached hydrogens (primary N) is 1. The third-order valence-corrected chi connectivity index (χ3v) is 3.36. The third-order valence-electron chi connectivity index (χ3n) is 3.01. The lowest BCUT2D eigenvalue weighted by Crippen LogP contribution is -2.08. The number of hydrogen-bond acceptors (Lipinski definition) is 4. The average molecular weight is 306 g/mol. The van der Waals surface area contributed by atoms with Crippen LogP contribution in [0.5, 0.6) is 5.75 Å². The summed E-state index contributed by atoms with van der Waals surface area (Å²) >= 11 is 5.81. The zero-order valence-corrected chi connectivity index (χ0v) is 12.4. The number of methoxy groups -OCH3 is 1. The van der Waals surface area contributed by atoms with Crippen LogP contribution in [0.25, 0.3) is 0 Å². The maximum absolute atomic E-state index is 11.9. The zero-order chi connectivity index (χ0) is 15.2. The van der Waals surface area contributed by atoms with Crippen LogP contribution in [-0.2, 0) is 11.2 Å². The van der Waals surface area contributed by atoms with Gasteiger partial charge in [0.2, 0.25) is 0 Å². The van der Waals surface area contributed by atoms with Gasteiger partial charge in [0, 0.05) is 6.42 Å². The molecule has 0 aliphatic rings. The SMILES string of the molecule is COc1ccc(CCOC(=O)c2ccc(Cl)c(N)c2)cc1. The Morgan fingerprint density at radius 2 is 1.90 bits per heavy atom. The van der Waals surface area contributed by atoms with Crippen LogP contribution in [0.2, 0.25) is 5.02 Å².